The lowest BCUT2D eigenvalue weighted by Crippen LogP contribution is -2.41. The van der Waals surface area contributed by atoms with Crippen molar-refractivity contribution in [2.75, 3.05) is 0 Å². The Balaban J connectivity index is 1.56. The SMILES string of the molecule is Cc1nc(COc2cccc(C(=O)NNC(=O)c3ccc(Br)cc3)c2)cs1. The van der Waals surface area contributed by atoms with Crippen LogP contribution in [0.4, 0.5) is 0 Å². The molecule has 8 heteroatoms. The maximum Gasteiger partial charge on any atom is 0.269 e. The molecule has 2 aromatic carbocycles. The second kappa shape index (κ2) is 8.79. The van der Waals surface area contributed by atoms with Crippen molar-refractivity contribution in [1.29, 1.82) is 0 Å². The third-order valence-corrected chi connectivity index (χ3v) is 4.90. The summed E-state index contributed by atoms with van der Waals surface area (Å²) in [4.78, 5) is 28.6. The molecule has 0 aliphatic heterocycles. The van der Waals surface area contributed by atoms with Crippen molar-refractivity contribution in [2.24, 2.45) is 0 Å². The van der Waals surface area contributed by atoms with Crippen molar-refractivity contribution in [3.63, 3.8) is 0 Å². The lowest BCUT2D eigenvalue weighted by molar-refractivity contribution is 0.0846. The highest BCUT2D eigenvalue weighted by Gasteiger charge is 2.10. The number of amides is 2. The van der Waals surface area contributed by atoms with Gasteiger partial charge in [0.1, 0.15) is 12.4 Å². The van der Waals surface area contributed by atoms with Gasteiger partial charge in [0.2, 0.25) is 0 Å². The Kier molecular flexibility index (Phi) is 6.20. The summed E-state index contributed by atoms with van der Waals surface area (Å²) >= 11 is 4.86. The summed E-state index contributed by atoms with van der Waals surface area (Å²) in [5, 5.41) is 2.91. The Morgan fingerprint density at radius 3 is 2.44 bits per heavy atom. The molecule has 2 N–H and O–H groups in total. The number of nitrogens with zero attached hydrogens (tertiary/aromatic N) is 1. The molecule has 0 unspecified atom stereocenters. The zero-order chi connectivity index (χ0) is 19.2. The van der Waals surface area contributed by atoms with Crippen LogP contribution in [-0.2, 0) is 6.61 Å². The number of benzene rings is 2. The fourth-order valence-corrected chi connectivity index (χ4v) is 3.08. The first-order valence-corrected chi connectivity index (χ1v) is 9.68. The van der Waals surface area contributed by atoms with Gasteiger partial charge in [-0.15, -0.1) is 11.3 Å². The zero-order valence-electron chi connectivity index (χ0n) is 14.4. The minimum absolute atomic E-state index is 0.329. The van der Waals surface area contributed by atoms with E-state index < -0.39 is 11.8 Å². The van der Waals surface area contributed by atoms with Crippen molar-refractivity contribution in [1.82, 2.24) is 15.8 Å². The van der Waals surface area contributed by atoms with Crippen LogP contribution >= 0.6 is 27.3 Å². The zero-order valence-corrected chi connectivity index (χ0v) is 16.8. The lowest BCUT2D eigenvalue weighted by atomic mass is 10.2. The minimum atomic E-state index is -0.435. The molecule has 0 radical (unpaired) electrons. The first-order chi connectivity index (χ1) is 13.0. The number of aromatic nitrogens is 1. The van der Waals surface area contributed by atoms with Crippen LogP contribution in [0.2, 0.25) is 0 Å². The number of nitrogens with one attached hydrogen (secondary N) is 2. The quantitative estimate of drug-likeness (QED) is 0.584. The highest BCUT2D eigenvalue weighted by Crippen LogP contribution is 2.16. The summed E-state index contributed by atoms with van der Waals surface area (Å²) in [6.07, 6.45) is 0. The van der Waals surface area contributed by atoms with Gasteiger partial charge in [-0.2, -0.15) is 0 Å². The van der Waals surface area contributed by atoms with Gasteiger partial charge >= 0.3 is 0 Å². The van der Waals surface area contributed by atoms with Gasteiger partial charge in [-0.1, -0.05) is 22.0 Å². The average molecular weight is 446 g/mol. The molecular weight excluding hydrogens is 430 g/mol. The molecule has 3 rings (SSSR count). The van der Waals surface area contributed by atoms with Gasteiger partial charge in [-0.3, -0.25) is 20.4 Å². The minimum Gasteiger partial charge on any atom is -0.487 e. The fourth-order valence-electron chi connectivity index (χ4n) is 2.22. The maximum absolute atomic E-state index is 12.3. The molecule has 0 aliphatic rings. The lowest BCUT2D eigenvalue weighted by Gasteiger charge is -2.09. The number of ether oxygens (including phenoxy) is 1. The van der Waals surface area contributed by atoms with Gasteiger partial charge in [0.25, 0.3) is 11.8 Å². The summed E-state index contributed by atoms with van der Waals surface area (Å²) in [5.41, 5.74) is 6.45. The maximum atomic E-state index is 12.3. The Labute approximate surface area is 168 Å². The Morgan fingerprint density at radius 2 is 1.78 bits per heavy atom. The predicted molar refractivity (Wildman–Crippen MR) is 107 cm³/mol. The predicted octanol–water partition coefficient (Wildman–Crippen LogP) is 3.87. The van der Waals surface area contributed by atoms with E-state index >= 15 is 0 Å². The molecule has 6 nitrogen and oxygen atoms in total. The van der Waals surface area contributed by atoms with Gasteiger partial charge in [0.15, 0.2) is 0 Å². The number of hydrogen-bond donors (Lipinski definition) is 2. The topological polar surface area (TPSA) is 80.3 Å². The first-order valence-electron chi connectivity index (χ1n) is 8.01. The van der Waals surface area contributed by atoms with Crippen molar-refractivity contribution in [2.45, 2.75) is 13.5 Å². The molecule has 27 heavy (non-hydrogen) atoms. The molecule has 0 atom stereocenters. The molecule has 0 fully saturated rings. The molecule has 0 saturated carbocycles. The van der Waals surface area contributed by atoms with Gasteiger partial charge in [0, 0.05) is 21.0 Å². The number of hydrazine groups is 1. The first kappa shape index (κ1) is 19.1. The van der Waals surface area contributed by atoms with Gasteiger partial charge in [-0.25, -0.2) is 4.98 Å². The van der Waals surface area contributed by atoms with Crippen molar-refractivity contribution in [3.8, 4) is 5.75 Å². The van der Waals surface area contributed by atoms with E-state index in [-0.39, 0.29) is 0 Å². The van der Waals surface area contributed by atoms with E-state index in [0.29, 0.717) is 23.5 Å². The molecule has 1 heterocycles. The highest BCUT2D eigenvalue weighted by molar-refractivity contribution is 9.10. The van der Waals surface area contributed by atoms with Crippen LogP contribution in [0, 0.1) is 6.92 Å². The molecule has 0 spiro atoms. The average Bonchev–Trinajstić information content (AvgIpc) is 3.10. The van der Waals surface area contributed by atoms with Crippen LogP contribution in [0.25, 0.3) is 0 Å². The summed E-state index contributed by atoms with van der Waals surface area (Å²) in [5.74, 6) is -0.287. The summed E-state index contributed by atoms with van der Waals surface area (Å²) < 4.78 is 6.54. The van der Waals surface area contributed by atoms with Gasteiger partial charge in [-0.05, 0) is 49.4 Å². The molecule has 3 aromatic rings. The van der Waals surface area contributed by atoms with Gasteiger partial charge < -0.3 is 4.74 Å². The summed E-state index contributed by atoms with van der Waals surface area (Å²) in [6.45, 7) is 2.26. The second-order valence-corrected chi connectivity index (χ2v) is 7.57. The molecule has 1 aromatic heterocycles. The molecule has 0 aliphatic carbocycles. The third-order valence-electron chi connectivity index (χ3n) is 3.55. The second-order valence-electron chi connectivity index (χ2n) is 5.59. The number of rotatable bonds is 5. The standard InChI is InChI=1S/C19H16BrN3O3S/c1-12-21-16(11-27-12)10-26-17-4-2-3-14(9-17)19(25)23-22-18(24)13-5-7-15(20)8-6-13/h2-9,11H,10H2,1H3,(H,22,24)(H,23,25). The molecule has 138 valence electrons. The van der Waals surface area contributed by atoms with Crippen molar-refractivity contribution in [3.05, 3.63) is 80.2 Å². The fraction of sp³-hybridized carbons (Fsp3) is 0.105. The van der Waals surface area contributed by atoms with E-state index in [1.807, 2.05) is 12.3 Å². The third kappa shape index (κ3) is 5.38. The highest BCUT2D eigenvalue weighted by atomic mass is 79.9. The Bertz CT molecular complexity index is 957. The van der Waals surface area contributed by atoms with Crippen molar-refractivity contribution < 1.29 is 14.3 Å². The molecule has 2 amide bonds. The molecular formula is C19H16BrN3O3S. The number of carbonyl (C=O) groups excluding carboxylic acids is 2. The monoisotopic (exact) mass is 445 g/mol. The number of carbonyl (C=O) groups is 2. The van der Waals surface area contributed by atoms with Crippen LogP contribution in [0.15, 0.2) is 58.4 Å². The number of thiazole rings is 1. The van der Waals surface area contributed by atoms with Crippen LogP contribution in [-0.4, -0.2) is 16.8 Å². The smallest absolute Gasteiger partial charge is 0.269 e. The van der Waals surface area contributed by atoms with E-state index in [2.05, 4.69) is 31.8 Å². The largest absolute Gasteiger partial charge is 0.487 e. The van der Waals surface area contributed by atoms with Crippen molar-refractivity contribution >= 4 is 39.1 Å². The van der Waals surface area contributed by atoms with Crippen LogP contribution in [0.5, 0.6) is 5.75 Å². The van der Waals surface area contributed by atoms with E-state index in [0.717, 1.165) is 15.2 Å². The normalized spacial score (nSPS) is 10.3. The summed E-state index contributed by atoms with van der Waals surface area (Å²) in [7, 11) is 0. The van der Waals surface area contributed by atoms with E-state index in [1.54, 1.807) is 59.9 Å². The van der Waals surface area contributed by atoms with E-state index in [4.69, 9.17) is 4.74 Å². The van der Waals surface area contributed by atoms with Crippen LogP contribution in [0.1, 0.15) is 31.4 Å². The molecule has 0 bridgehead atoms. The van der Waals surface area contributed by atoms with E-state index in [1.165, 1.54) is 0 Å². The number of halogens is 1. The number of aryl methyl sites for hydroxylation is 1. The Hall–Kier alpha value is -2.71. The van der Waals surface area contributed by atoms with Gasteiger partial charge in [0.05, 0.1) is 10.7 Å². The van der Waals surface area contributed by atoms with Crippen LogP contribution < -0.4 is 15.6 Å². The molecule has 0 saturated heterocycles. The Morgan fingerprint density at radius 1 is 1.07 bits per heavy atom. The summed E-state index contributed by atoms with van der Waals surface area (Å²) in [6, 6.07) is 13.5. The number of hydrogen-bond acceptors (Lipinski definition) is 5. The van der Waals surface area contributed by atoms with Crippen LogP contribution in [0.3, 0.4) is 0 Å². The van der Waals surface area contributed by atoms with E-state index in [9.17, 15) is 9.59 Å².